The van der Waals surface area contributed by atoms with Gasteiger partial charge in [0.2, 0.25) is 0 Å². The van der Waals surface area contributed by atoms with Crippen LogP contribution in [0.1, 0.15) is 45.4 Å². The van der Waals surface area contributed by atoms with Crippen LogP contribution in [0.2, 0.25) is 0 Å². The third kappa shape index (κ3) is 4.97. The lowest BCUT2D eigenvalue weighted by molar-refractivity contribution is -0.150. The molecule has 94 valence electrons. The molecule has 3 heteroatoms. The average Bonchev–Trinajstić information content (AvgIpc) is 2.29. The number of carbonyl (C=O) groups excluding carboxylic acids is 1. The van der Waals surface area contributed by atoms with E-state index in [1.807, 2.05) is 0 Å². The minimum Gasteiger partial charge on any atom is -0.465 e. The first kappa shape index (κ1) is 13.5. The Morgan fingerprint density at radius 3 is 2.38 bits per heavy atom. The largest absolute Gasteiger partial charge is 0.465 e. The first-order valence-electron chi connectivity index (χ1n) is 6.39. The second-order valence-corrected chi connectivity index (χ2v) is 4.82. The van der Waals surface area contributed by atoms with Crippen molar-refractivity contribution in [1.82, 2.24) is 0 Å². The standard InChI is InChI=1S/C13H24O3/c1-11-5-7-12(8-6-11)13(14)16-10-4-3-9-15-2/h11-12H,3-10H2,1-2H3. The molecule has 3 nitrogen and oxygen atoms in total. The molecule has 1 saturated carbocycles. The lowest BCUT2D eigenvalue weighted by Crippen LogP contribution is -2.23. The van der Waals surface area contributed by atoms with Crippen LogP contribution in [0.5, 0.6) is 0 Å². The van der Waals surface area contributed by atoms with Gasteiger partial charge in [0, 0.05) is 13.7 Å². The number of unbranched alkanes of at least 4 members (excludes halogenated alkanes) is 1. The van der Waals surface area contributed by atoms with E-state index >= 15 is 0 Å². The molecule has 0 aromatic carbocycles. The first-order chi connectivity index (χ1) is 7.74. The van der Waals surface area contributed by atoms with Crippen molar-refractivity contribution in [2.45, 2.75) is 45.4 Å². The summed E-state index contributed by atoms with van der Waals surface area (Å²) < 4.78 is 10.2. The van der Waals surface area contributed by atoms with Gasteiger partial charge in [0.05, 0.1) is 12.5 Å². The summed E-state index contributed by atoms with van der Waals surface area (Å²) in [5.41, 5.74) is 0. The van der Waals surface area contributed by atoms with Gasteiger partial charge in [0.15, 0.2) is 0 Å². The molecule has 0 aliphatic heterocycles. The lowest BCUT2D eigenvalue weighted by Gasteiger charge is -2.24. The fourth-order valence-corrected chi connectivity index (χ4v) is 2.13. The smallest absolute Gasteiger partial charge is 0.308 e. The molecule has 1 rings (SSSR count). The van der Waals surface area contributed by atoms with Crippen LogP contribution >= 0.6 is 0 Å². The van der Waals surface area contributed by atoms with Crippen molar-refractivity contribution < 1.29 is 14.3 Å². The number of ether oxygens (including phenoxy) is 2. The summed E-state index contributed by atoms with van der Waals surface area (Å²) in [6.07, 6.45) is 6.23. The Kier molecular flexibility index (Phi) is 6.46. The number of methoxy groups -OCH3 is 1. The molecule has 0 N–H and O–H groups in total. The summed E-state index contributed by atoms with van der Waals surface area (Å²) in [7, 11) is 1.69. The number of esters is 1. The van der Waals surface area contributed by atoms with Gasteiger partial charge in [-0.05, 0) is 44.4 Å². The zero-order valence-corrected chi connectivity index (χ0v) is 10.5. The zero-order valence-electron chi connectivity index (χ0n) is 10.5. The molecule has 0 amide bonds. The Balaban J connectivity index is 2.06. The first-order valence-corrected chi connectivity index (χ1v) is 6.39. The molecule has 0 radical (unpaired) electrons. The monoisotopic (exact) mass is 228 g/mol. The van der Waals surface area contributed by atoms with Gasteiger partial charge in [0.25, 0.3) is 0 Å². The van der Waals surface area contributed by atoms with Crippen LogP contribution in [-0.4, -0.2) is 26.3 Å². The quantitative estimate of drug-likeness (QED) is 0.518. The van der Waals surface area contributed by atoms with E-state index in [0.717, 1.165) is 38.2 Å². The van der Waals surface area contributed by atoms with E-state index in [2.05, 4.69) is 6.92 Å². The number of carbonyl (C=O) groups is 1. The van der Waals surface area contributed by atoms with Crippen molar-refractivity contribution in [2.24, 2.45) is 11.8 Å². The van der Waals surface area contributed by atoms with Gasteiger partial charge in [-0.15, -0.1) is 0 Å². The predicted octanol–water partition coefficient (Wildman–Crippen LogP) is 2.78. The molecular weight excluding hydrogens is 204 g/mol. The molecular formula is C13H24O3. The molecule has 16 heavy (non-hydrogen) atoms. The van der Waals surface area contributed by atoms with Crippen LogP contribution in [-0.2, 0) is 14.3 Å². The molecule has 0 saturated heterocycles. The van der Waals surface area contributed by atoms with Crippen LogP contribution < -0.4 is 0 Å². The van der Waals surface area contributed by atoms with E-state index in [9.17, 15) is 4.79 Å². The van der Waals surface area contributed by atoms with Crippen LogP contribution in [0.3, 0.4) is 0 Å². The minimum atomic E-state index is 0.0179. The SMILES string of the molecule is COCCCCOC(=O)C1CCC(C)CC1. The summed E-state index contributed by atoms with van der Waals surface area (Å²) in [6.45, 7) is 3.55. The van der Waals surface area contributed by atoms with Crippen molar-refractivity contribution in [2.75, 3.05) is 20.3 Å². The molecule has 1 fully saturated rings. The summed E-state index contributed by atoms with van der Waals surface area (Å²) in [6, 6.07) is 0. The van der Waals surface area contributed by atoms with Crippen molar-refractivity contribution in [3.8, 4) is 0 Å². The summed E-state index contributed by atoms with van der Waals surface area (Å²) >= 11 is 0. The normalized spacial score (nSPS) is 25.4. The van der Waals surface area contributed by atoms with Gasteiger partial charge < -0.3 is 9.47 Å². The van der Waals surface area contributed by atoms with Gasteiger partial charge in [-0.3, -0.25) is 4.79 Å². The minimum absolute atomic E-state index is 0.0179. The van der Waals surface area contributed by atoms with Gasteiger partial charge in [-0.25, -0.2) is 0 Å². The Bertz CT molecular complexity index is 195. The van der Waals surface area contributed by atoms with Gasteiger partial charge >= 0.3 is 5.97 Å². The highest BCUT2D eigenvalue weighted by Gasteiger charge is 2.25. The fraction of sp³-hybridized carbons (Fsp3) is 0.923. The molecule has 0 bridgehead atoms. The van der Waals surface area contributed by atoms with E-state index in [1.165, 1.54) is 12.8 Å². The topological polar surface area (TPSA) is 35.5 Å². The Hall–Kier alpha value is -0.570. The van der Waals surface area contributed by atoms with E-state index in [4.69, 9.17) is 9.47 Å². The second-order valence-electron chi connectivity index (χ2n) is 4.82. The highest BCUT2D eigenvalue weighted by atomic mass is 16.5. The summed E-state index contributed by atoms with van der Waals surface area (Å²) in [5, 5.41) is 0. The number of rotatable bonds is 6. The number of hydrogen-bond donors (Lipinski definition) is 0. The average molecular weight is 228 g/mol. The van der Waals surface area contributed by atoms with Crippen molar-refractivity contribution in [3.05, 3.63) is 0 Å². The molecule has 0 heterocycles. The molecule has 0 aromatic rings. The van der Waals surface area contributed by atoms with Crippen LogP contribution in [0.25, 0.3) is 0 Å². The van der Waals surface area contributed by atoms with Crippen LogP contribution in [0, 0.1) is 11.8 Å². The van der Waals surface area contributed by atoms with Crippen molar-refractivity contribution >= 4 is 5.97 Å². The predicted molar refractivity (Wildman–Crippen MR) is 63.2 cm³/mol. The van der Waals surface area contributed by atoms with Crippen LogP contribution in [0.4, 0.5) is 0 Å². The summed E-state index contributed by atoms with van der Waals surface area (Å²) in [4.78, 5) is 11.7. The Morgan fingerprint density at radius 2 is 1.75 bits per heavy atom. The van der Waals surface area contributed by atoms with Gasteiger partial charge in [-0.2, -0.15) is 0 Å². The van der Waals surface area contributed by atoms with E-state index in [1.54, 1.807) is 7.11 Å². The van der Waals surface area contributed by atoms with Crippen LogP contribution in [0.15, 0.2) is 0 Å². The van der Waals surface area contributed by atoms with Crippen molar-refractivity contribution in [3.63, 3.8) is 0 Å². The van der Waals surface area contributed by atoms with Crippen molar-refractivity contribution in [1.29, 1.82) is 0 Å². The maximum absolute atomic E-state index is 11.7. The maximum atomic E-state index is 11.7. The second kappa shape index (κ2) is 7.66. The third-order valence-corrected chi connectivity index (χ3v) is 3.34. The zero-order chi connectivity index (χ0) is 11.8. The Labute approximate surface area is 98.5 Å². The molecule has 0 atom stereocenters. The van der Waals surface area contributed by atoms with Gasteiger partial charge in [0.1, 0.15) is 0 Å². The summed E-state index contributed by atoms with van der Waals surface area (Å²) in [5.74, 6) is 0.966. The third-order valence-electron chi connectivity index (χ3n) is 3.34. The Morgan fingerprint density at radius 1 is 1.12 bits per heavy atom. The van der Waals surface area contributed by atoms with E-state index in [0.29, 0.717) is 6.61 Å². The number of hydrogen-bond acceptors (Lipinski definition) is 3. The fourth-order valence-electron chi connectivity index (χ4n) is 2.13. The molecule has 0 aromatic heterocycles. The molecule has 1 aliphatic carbocycles. The maximum Gasteiger partial charge on any atom is 0.308 e. The highest BCUT2D eigenvalue weighted by molar-refractivity contribution is 5.72. The lowest BCUT2D eigenvalue weighted by atomic mass is 9.83. The van der Waals surface area contributed by atoms with Gasteiger partial charge in [-0.1, -0.05) is 6.92 Å². The van der Waals surface area contributed by atoms with E-state index < -0.39 is 0 Å². The molecule has 1 aliphatic rings. The highest BCUT2D eigenvalue weighted by Crippen LogP contribution is 2.28. The molecule has 0 spiro atoms. The van der Waals surface area contributed by atoms with E-state index in [-0.39, 0.29) is 11.9 Å². The molecule has 0 unspecified atom stereocenters.